The van der Waals surface area contributed by atoms with Crippen LogP contribution in [-0.2, 0) is 61.6 Å². The zero-order valence-corrected chi connectivity index (χ0v) is 47.7. The van der Waals surface area contributed by atoms with Crippen molar-refractivity contribution < 1.29 is 45.3 Å². The van der Waals surface area contributed by atoms with Crippen molar-refractivity contribution in [1.29, 1.82) is 0 Å². The van der Waals surface area contributed by atoms with E-state index in [4.69, 9.17) is 38.4 Å². The third-order valence-electron chi connectivity index (χ3n) is 17.3. The fourth-order valence-electron chi connectivity index (χ4n) is 12.6. The number of hydrogen-bond acceptors (Lipinski definition) is 16. The number of pyridine rings is 2. The smallest absolute Gasteiger partial charge is 0.269 e. The third-order valence-corrected chi connectivity index (χ3v) is 20.6. The number of fused-ring (bicyclic) bond motifs is 2. The van der Waals surface area contributed by atoms with Crippen LogP contribution < -0.4 is 0 Å². The van der Waals surface area contributed by atoms with E-state index in [0.29, 0.717) is 49.6 Å². The van der Waals surface area contributed by atoms with Crippen molar-refractivity contribution in [1.82, 2.24) is 47.3 Å². The Morgan fingerprint density at radius 3 is 1.19 bits per heavy atom. The van der Waals surface area contributed by atoms with E-state index >= 15 is 0 Å². The lowest BCUT2D eigenvalue weighted by molar-refractivity contribution is -0.179. The molecule has 2 saturated carbocycles. The molecule has 14 rings (SSSR count). The second kappa shape index (κ2) is 26.4. The van der Waals surface area contributed by atoms with Crippen molar-refractivity contribution in [2.24, 2.45) is 0 Å². The summed E-state index contributed by atoms with van der Waals surface area (Å²) < 4.78 is 96.2. The molecule has 4 aliphatic heterocycles. The highest BCUT2D eigenvalue weighted by Crippen LogP contribution is 2.45. The monoisotopic (exact) mass is 1200 g/mol. The lowest BCUT2D eigenvalue weighted by Gasteiger charge is -2.35. The zero-order chi connectivity index (χ0) is 55.7. The highest BCUT2D eigenvalue weighted by molar-refractivity contribution is 7.90. The normalized spacial score (nSPS) is 20.2. The van der Waals surface area contributed by atoms with Crippen LogP contribution in [0.25, 0.3) is 44.3 Å². The van der Waals surface area contributed by atoms with Gasteiger partial charge in [0.1, 0.15) is 0 Å². The van der Waals surface area contributed by atoms with Crippen molar-refractivity contribution in [3.05, 3.63) is 133 Å². The summed E-state index contributed by atoms with van der Waals surface area (Å²) in [4.78, 5) is 14.7. The Morgan fingerprint density at radius 2 is 0.824 bits per heavy atom. The maximum Gasteiger partial charge on any atom is 0.269 e. The van der Waals surface area contributed by atoms with E-state index in [0.717, 1.165) is 174 Å². The molecule has 0 radical (unpaired) electrons. The summed E-state index contributed by atoms with van der Waals surface area (Å²) >= 11 is 0. The molecule has 10 heterocycles. The number of ether oxygens (including phenoxy) is 6. The van der Waals surface area contributed by atoms with Gasteiger partial charge in [-0.2, -0.15) is 10.2 Å². The fourth-order valence-corrected chi connectivity index (χ4v) is 15.3. The van der Waals surface area contributed by atoms with Crippen LogP contribution >= 0.6 is 0 Å². The molecule has 0 unspecified atom stereocenters. The van der Waals surface area contributed by atoms with Crippen LogP contribution in [0.2, 0.25) is 0 Å². The largest absolute Gasteiger partial charge is 0.379 e. The van der Waals surface area contributed by atoms with Crippen LogP contribution in [0.1, 0.15) is 96.6 Å². The summed E-state index contributed by atoms with van der Waals surface area (Å²) in [5, 5.41) is 10.9. The van der Waals surface area contributed by atoms with Crippen molar-refractivity contribution in [3.8, 4) is 22.3 Å². The second-order valence-electron chi connectivity index (χ2n) is 22.2. The molecule has 2 spiro atoms. The Morgan fingerprint density at radius 1 is 0.459 bits per heavy atom. The molecule has 20 nitrogen and oxygen atoms in total. The Hall–Kier alpha value is -6.18. The van der Waals surface area contributed by atoms with E-state index in [1.807, 2.05) is 58.7 Å². The average Bonchev–Trinajstić information content (AvgIpc) is 2.83. The lowest BCUT2D eigenvalue weighted by Crippen LogP contribution is -2.38. The minimum Gasteiger partial charge on any atom is -0.379 e. The van der Waals surface area contributed by atoms with Crippen LogP contribution in [0.15, 0.2) is 132 Å². The van der Waals surface area contributed by atoms with Gasteiger partial charge in [-0.05, 0) is 85.0 Å². The third kappa shape index (κ3) is 13.0. The molecule has 0 bridgehead atoms. The first-order valence-corrected chi connectivity index (χ1v) is 31.7. The summed E-state index contributed by atoms with van der Waals surface area (Å²) in [6, 6.07) is 21.3. The Bertz CT molecular complexity index is 3470. The highest BCUT2D eigenvalue weighted by atomic mass is 32.2. The minimum atomic E-state index is -3.85. The molecular formula is C63H82N10O10S2. The summed E-state index contributed by atoms with van der Waals surface area (Å²) in [5.41, 5.74) is 6.41. The molecule has 0 N–H and O–H groups in total. The second-order valence-corrected chi connectivity index (χ2v) is 25.9. The van der Waals surface area contributed by atoms with E-state index in [9.17, 15) is 16.8 Å². The number of nitrogens with zero attached hydrogens (tertiary/aromatic N) is 10. The summed E-state index contributed by atoms with van der Waals surface area (Å²) in [6.45, 7) is 12.6. The quantitative estimate of drug-likeness (QED) is 0.0995. The number of morpholine rings is 2. The van der Waals surface area contributed by atoms with E-state index in [1.54, 1.807) is 60.9 Å². The highest BCUT2D eigenvalue weighted by Gasteiger charge is 2.42. The summed E-state index contributed by atoms with van der Waals surface area (Å²) in [5.74, 6) is -0.239. The molecule has 456 valence electrons. The van der Waals surface area contributed by atoms with Gasteiger partial charge < -0.3 is 28.4 Å². The molecule has 4 saturated heterocycles. The van der Waals surface area contributed by atoms with Crippen molar-refractivity contribution in [2.75, 3.05) is 92.1 Å². The number of benzene rings is 2. The predicted molar refractivity (Wildman–Crippen MR) is 326 cm³/mol. The summed E-state index contributed by atoms with van der Waals surface area (Å²) in [6.07, 6.45) is 21.9. The molecule has 2 aromatic carbocycles. The molecule has 0 amide bonds. The van der Waals surface area contributed by atoms with Gasteiger partial charge in [0.2, 0.25) is 0 Å². The first-order valence-electron chi connectivity index (χ1n) is 28.9. The van der Waals surface area contributed by atoms with Gasteiger partial charge in [-0.1, -0.05) is 58.7 Å². The van der Waals surface area contributed by atoms with Gasteiger partial charge in [0, 0.05) is 135 Å². The van der Waals surface area contributed by atoms with Gasteiger partial charge in [0.25, 0.3) is 20.0 Å². The molecular weight excluding hydrogens is 1120 g/mol. The SMILES string of the molecule is C.C.C.O=S(=O)(c1ccccc1)n1cc(-c2cnn(CCN3CCOCC3)c2)c2cc(C3CCC4(CC3)OCCO4)cnc21.O=S(=O)(c1ccccc1)n1cc(-c2cnn(CCN3CCOCC3)c2)c2cc(C3CCC4(CC3)OCCO4)cnc21. The lowest BCUT2D eigenvalue weighted by atomic mass is 9.81. The number of hydrogen-bond donors (Lipinski definition) is 0. The van der Waals surface area contributed by atoms with E-state index in [-0.39, 0.29) is 32.1 Å². The molecule has 8 aromatic rings. The maximum absolute atomic E-state index is 13.8. The van der Waals surface area contributed by atoms with Gasteiger partial charge in [-0.3, -0.25) is 19.2 Å². The maximum atomic E-state index is 13.8. The van der Waals surface area contributed by atoms with Gasteiger partial charge in [0.15, 0.2) is 22.9 Å². The number of rotatable bonds is 14. The first kappa shape index (κ1) is 61.9. The van der Waals surface area contributed by atoms with Crippen LogP contribution in [-0.4, -0.2) is 168 Å². The number of aromatic nitrogens is 8. The van der Waals surface area contributed by atoms with Crippen LogP contribution in [0.5, 0.6) is 0 Å². The van der Waals surface area contributed by atoms with E-state index in [1.165, 1.54) is 7.94 Å². The van der Waals surface area contributed by atoms with Crippen LogP contribution in [0.4, 0.5) is 0 Å². The van der Waals surface area contributed by atoms with Crippen molar-refractivity contribution in [3.63, 3.8) is 0 Å². The molecule has 6 aromatic heterocycles. The molecule has 85 heavy (non-hydrogen) atoms. The predicted octanol–water partition coefficient (Wildman–Crippen LogP) is 9.65. The minimum absolute atomic E-state index is 0. The molecule has 2 aliphatic carbocycles. The average molecular weight is 1200 g/mol. The summed E-state index contributed by atoms with van der Waals surface area (Å²) in [7, 11) is -7.70. The van der Waals surface area contributed by atoms with Gasteiger partial charge in [-0.15, -0.1) is 0 Å². The fraction of sp³-hybridized carbons (Fsp3) is 0.492. The Labute approximate surface area is 500 Å². The molecule has 0 atom stereocenters. The Balaban J connectivity index is 0.000000183. The standard InChI is InChI=1S/2C30H35N5O5S.3CH4/c2*36-41(37,26-4-2-1-3-5-26)35-22-28(25-20-32-34(21-25)11-10-33-12-14-38-15-13-33)27-18-24(19-31-29(27)35)23-6-8-30(9-7-23)39-16-17-40-30;;;/h2*1-5,18-23H,6-17H2;3*1H4. The van der Waals surface area contributed by atoms with Gasteiger partial charge in [0.05, 0.1) is 88.1 Å². The van der Waals surface area contributed by atoms with Gasteiger partial charge >= 0.3 is 0 Å². The molecule has 6 fully saturated rings. The molecule has 6 aliphatic rings. The van der Waals surface area contributed by atoms with Crippen LogP contribution in [0.3, 0.4) is 0 Å². The molecule has 22 heteroatoms. The van der Waals surface area contributed by atoms with E-state index < -0.39 is 31.6 Å². The van der Waals surface area contributed by atoms with Crippen molar-refractivity contribution >= 4 is 42.1 Å². The van der Waals surface area contributed by atoms with E-state index in [2.05, 4.69) is 32.1 Å². The van der Waals surface area contributed by atoms with Gasteiger partial charge in [-0.25, -0.2) is 34.7 Å². The van der Waals surface area contributed by atoms with Crippen molar-refractivity contribution in [2.45, 2.75) is 120 Å². The Kier molecular flexibility index (Phi) is 19.2. The zero-order valence-electron chi connectivity index (χ0n) is 46.0. The topological polar surface area (TPSA) is 201 Å². The first-order chi connectivity index (χ1) is 40.0. The van der Waals surface area contributed by atoms with Crippen LogP contribution in [0, 0.1) is 0 Å².